The zero-order valence-electron chi connectivity index (χ0n) is 20.0. The second-order valence-corrected chi connectivity index (χ2v) is 8.78. The van der Waals surface area contributed by atoms with Gasteiger partial charge in [-0.25, -0.2) is 4.99 Å². The minimum absolute atomic E-state index is 0.0473. The highest BCUT2D eigenvalue weighted by atomic mass is 16.2. The van der Waals surface area contributed by atoms with Gasteiger partial charge in [0.15, 0.2) is 0 Å². The fourth-order valence-electron chi connectivity index (χ4n) is 4.67. The molecule has 0 bridgehead atoms. The van der Waals surface area contributed by atoms with Crippen LogP contribution in [0, 0.1) is 6.92 Å². The Hall–Kier alpha value is -3.38. The summed E-state index contributed by atoms with van der Waals surface area (Å²) >= 11 is 0. The third-order valence-corrected chi connectivity index (χ3v) is 6.46. The Balaban J connectivity index is 1.66. The fourth-order valence-corrected chi connectivity index (χ4v) is 4.67. The third kappa shape index (κ3) is 4.71. The summed E-state index contributed by atoms with van der Waals surface area (Å²) in [5.41, 5.74) is 12.8. The van der Waals surface area contributed by atoms with Gasteiger partial charge in [-0.15, -0.1) is 0 Å². The molecule has 0 aromatic heterocycles. The van der Waals surface area contributed by atoms with E-state index >= 15 is 0 Å². The van der Waals surface area contributed by atoms with Gasteiger partial charge in [0.1, 0.15) is 5.84 Å². The number of benzene rings is 2. The number of amidine groups is 1. The van der Waals surface area contributed by atoms with Gasteiger partial charge in [-0.2, -0.15) is 0 Å². The Labute approximate surface area is 196 Å². The molecule has 0 radical (unpaired) electrons. The number of carbonyl (C=O) groups is 1. The minimum Gasteiger partial charge on any atom is -0.384 e. The zero-order chi connectivity index (χ0) is 23.5. The van der Waals surface area contributed by atoms with Crippen molar-refractivity contribution < 1.29 is 4.79 Å². The summed E-state index contributed by atoms with van der Waals surface area (Å²) in [5, 5.41) is 0. The van der Waals surface area contributed by atoms with E-state index in [1.54, 1.807) is 11.9 Å². The molecule has 1 amide bonds. The van der Waals surface area contributed by atoms with E-state index in [0.29, 0.717) is 11.4 Å². The third-order valence-electron chi connectivity index (χ3n) is 6.46. The van der Waals surface area contributed by atoms with Crippen molar-refractivity contribution in [3.63, 3.8) is 0 Å². The van der Waals surface area contributed by atoms with E-state index in [1.807, 2.05) is 61.4 Å². The first-order chi connectivity index (χ1) is 15.9. The second-order valence-electron chi connectivity index (χ2n) is 8.78. The number of likely N-dealkylation sites (tertiary alicyclic amines) is 1. The Kier molecular flexibility index (Phi) is 6.65. The molecule has 2 heterocycles. The van der Waals surface area contributed by atoms with Crippen LogP contribution in [0.5, 0.6) is 0 Å². The van der Waals surface area contributed by atoms with Gasteiger partial charge in [0, 0.05) is 26.7 Å². The van der Waals surface area contributed by atoms with Crippen LogP contribution in [0.4, 0.5) is 11.4 Å². The molecule has 0 atom stereocenters. The second kappa shape index (κ2) is 9.63. The van der Waals surface area contributed by atoms with Gasteiger partial charge in [-0.3, -0.25) is 9.69 Å². The van der Waals surface area contributed by atoms with Gasteiger partial charge < -0.3 is 15.5 Å². The number of likely N-dealkylation sites (N-methyl/N-ethyl adjacent to an activating group) is 2. The SMILES string of the molecule is CC=C1/C(=C\C(N)=Nc2ccc(CN3CCCC3)cc2C)N(C)c2ccccc2C(=O)N1C. The molecular formula is C27H33N5O. The Bertz CT molecular complexity index is 1140. The summed E-state index contributed by atoms with van der Waals surface area (Å²) in [7, 11) is 3.74. The predicted molar refractivity (Wildman–Crippen MR) is 136 cm³/mol. The Morgan fingerprint density at radius 1 is 1.06 bits per heavy atom. The zero-order valence-corrected chi connectivity index (χ0v) is 20.0. The number of hydrogen-bond acceptors (Lipinski definition) is 4. The maximum absolute atomic E-state index is 13.0. The maximum Gasteiger partial charge on any atom is 0.260 e. The highest BCUT2D eigenvalue weighted by molar-refractivity contribution is 6.04. The average molecular weight is 444 g/mol. The van der Waals surface area contributed by atoms with E-state index < -0.39 is 0 Å². The number of para-hydroxylation sites is 1. The van der Waals surface area contributed by atoms with Crippen molar-refractivity contribution in [2.45, 2.75) is 33.2 Å². The topological polar surface area (TPSA) is 65.2 Å². The van der Waals surface area contributed by atoms with Crippen molar-refractivity contribution >= 4 is 23.1 Å². The van der Waals surface area contributed by atoms with E-state index in [4.69, 9.17) is 10.7 Å². The van der Waals surface area contributed by atoms with Crippen molar-refractivity contribution in [2.24, 2.45) is 10.7 Å². The molecule has 2 aliphatic heterocycles. The van der Waals surface area contributed by atoms with Crippen LogP contribution < -0.4 is 10.6 Å². The fraction of sp³-hybridized carbons (Fsp3) is 0.333. The highest BCUT2D eigenvalue weighted by Crippen LogP contribution is 2.33. The van der Waals surface area contributed by atoms with Gasteiger partial charge >= 0.3 is 0 Å². The first-order valence-corrected chi connectivity index (χ1v) is 11.5. The van der Waals surface area contributed by atoms with E-state index in [1.165, 1.54) is 31.5 Å². The van der Waals surface area contributed by atoms with Gasteiger partial charge in [0.05, 0.1) is 28.3 Å². The number of amides is 1. The molecule has 2 aromatic carbocycles. The van der Waals surface area contributed by atoms with Crippen LogP contribution in [-0.2, 0) is 6.54 Å². The molecular weight excluding hydrogens is 410 g/mol. The van der Waals surface area contributed by atoms with Gasteiger partial charge in [0.25, 0.3) is 5.91 Å². The molecule has 172 valence electrons. The van der Waals surface area contributed by atoms with Crippen LogP contribution in [0.1, 0.15) is 41.3 Å². The van der Waals surface area contributed by atoms with Crippen LogP contribution >= 0.6 is 0 Å². The number of allylic oxidation sites excluding steroid dienone is 1. The lowest BCUT2D eigenvalue weighted by molar-refractivity contribution is 0.0842. The number of nitrogens with two attached hydrogens (primary N) is 1. The van der Waals surface area contributed by atoms with Crippen LogP contribution in [-0.4, -0.2) is 48.7 Å². The van der Waals surface area contributed by atoms with Crippen LogP contribution in [0.25, 0.3) is 0 Å². The Morgan fingerprint density at radius 2 is 1.79 bits per heavy atom. The first kappa shape index (κ1) is 22.8. The number of anilines is 1. The maximum atomic E-state index is 13.0. The molecule has 4 rings (SSSR count). The van der Waals surface area contributed by atoms with Gasteiger partial charge in [-0.1, -0.05) is 30.3 Å². The van der Waals surface area contributed by atoms with Crippen molar-refractivity contribution in [2.75, 3.05) is 32.1 Å². The molecule has 6 heteroatoms. The normalized spacial score (nSPS) is 20.0. The lowest BCUT2D eigenvalue weighted by atomic mass is 10.1. The number of fused-ring (bicyclic) bond motifs is 1. The summed E-state index contributed by atoms with van der Waals surface area (Å²) in [6.45, 7) is 7.35. The summed E-state index contributed by atoms with van der Waals surface area (Å²) in [6, 6.07) is 14.0. The summed E-state index contributed by atoms with van der Waals surface area (Å²) in [6.07, 6.45) is 6.36. The van der Waals surface area contributed by atoms with E-state index in [2.05, 4.69) is 24.0 Å². The molecule has 0 unspecified atom stereocenters. The molecule has 2 N–H and O–H groups in total. The van der Waals surface area contributed by atoms with Crippen LogP contribution in [0.2, 0.25) is 0 Å². The molecule has 0 saturated carbocycles. The average Bonchev–Trinajstić information content (AvgIpc) is 3.30. The molecule has 2 aliphatic rings. The van der Waals surface area contributed by atoms with Gasteiger partial charge in [-0.05, 0) is 69.1 Å². The Morgan fingerprint density at radius 3 is 2.48 bits per heavy atom. The largest absolute Gasteiger partial charge is 0.384 e. The minimum atomic E-state index is -0.0473. The highest BCUT2D eigenvalue weighted by Gasteiger charge is 2.28. The molecule has 1 saturated heterocycles. The first-order valence-electron chi connectivity index (χ1n) is 11.5. The van der Waals surface area contributed by atoms with Crippen molar-refractivity contribution in [1.82, 2.24) is 9.80 Å². The summed E-state index contributed by atoms with van der Waals surface area (Å²) in [4.78, 5) is 23.9. The lowest BCUT2D eigenvalue weighted by Gasteiger charge is -2.25. The molecule has 1 fully saturated rings. The van der Waals surface area contributed by atoms with Crippen molar-refractivity contribution in [3.05, 3.63) is 82.7 Å². The summed E-state index contributed by atoms with van der Waals surface area (Å²) in [5.74, 6) is 0.348. The van der Waals surface area contributed by atoms with Crippen molar-refractivity contribution in [1.29, 1.82) is 0 Å². The van der Waals surface area contributed by atoms with Crippen LogP contribution in [0.3, 0.4) is 0 Å². The van der Waals surface area contributed by atoms with Gasteiger partial charge in [0.2, 0.25) is 0 Å². The monoisotopic (exact) mass is 443 g/mol. The smallest absolute Gasteiger partial charge is 0.260 e. The number of nitrogens with zero attached hydrogens (tertiary/aromatic N) is 4. The number of carbonyl (C=O) groups excluding carboxylic acids is 1. The molecule has 33 heavy (non-hydrogen) atoms. The summed E-state index contributed by atoms with van der Waals surface area (Å²) < 4.78 is 0. The van der Waals surface area contributed by atoms with E-state index in [-0.39, 0.29) is 5.91 Å². The molecule has 2 aromatic rings. The molecule has 6 nitrogen and oxygen atoms in total. The van der Waals surface area contributed by atoms with E-state index in [9.17, 15) is 4.79 Å². The molecule has 0 aliphatic carbocycles. The quantitative estimate of drug-likeness (QED) is 0.555. The predicted octanol–water partition coefficient (Wildman–Crippen LogP) is 4.59. The number of aliphatic imine (C=N–C) groups is 1. The number of rotatable bonds is 4. The van der Waals surface area contributed by atoms with Crippen LogP contribution in [0.15, 0.2) is 71.0 Å². The molecule has 0 spiro atoms. The van der Waals surface area contributed by atoms with Crippen molar-refractivity contribution in [3.8, 4) is 0 Å². The lowest BCUT2D eigenvalue weighted by Crippen LogP contribution is -2.28. The number of hydrogen-bond donors (Lipinski definition) is 1. The standard InChI is InChI=1S/C27H33N5O/c1-5-23-25(30(3)24-11-7-6-10-21(24)27(33)31(23)4)17-26(28)29-22-13-12-20(16-19(22)2)18-32-14-8-9-15-32/h5-7,10-13,16-17H,8-9,14-15,18H2,1-4H3,(H2,28,29)/b23-5?,25-17+. The number of aryl methyl sites for hydroxylation is 1. The van der Waals surface area contributed by atoms with E-state index in [0.717, 1.165) is 34.9 Å².